The van der Waals surface area contributed by atoms with Crippen molar-refractivity contribution in [2.24, 2.45) is 5.16 Å². The van der Waals surface area contributed by atoms with Crippen LogP contribution in [0.2, 0.25) is 0 Å². The summed E-state index contributed by atoms with van der Waals surface area (Å²) in [7, 11) is 0. The number of ketones is 1. The molecule has 0 fully saturated rings. The van der Waals surface area contributed by atoms with E-state index in [2.05, 4.69) is 15.1 Å². The SMILES string of the molecule is CC(=O)c1ccc2c(c1)ncn2-c1cccc(C(=NOC(C)C)OCc2ccccn2)c1. The Morgan fingerprint density at radius 2 is 1.91 bits per heavy atom. The number of ether oxygens (including phenoxy) is 1. The predicted molar refractivity (Wildman–Crippen MR) is 123 cm³/mol. The molecule has 0 radical (unpaired) electrons. The Morgan fingerprint density at radius 3 is 2.66 bits per heavy atom. The first kappa shape index (κ1) is 21.2. The Bertz CT molecular complexity index is 1260. The molecule has 7 heteroatoms. The van der Waals surface area contributed by atoms with E-state index in [9.17, 15) is 4.79 Å². The largest absolute Gasteiger partial charge is 0.469 e. The lowest BCUT2D eigenvalue weighted by molar-refractivity contribution is 0.0774. The monoisotopic (exact) mass is 428 g/mol. The van der Waals surface area contributed by atoms with Crippen molar-refractivity contribution in [3.63, 3.8) is 0 Å². The van der Waals surface area contributed by atoms with Crippen LogP contribution >= 0.6 is 0 Å². The van der Waals surface area contributed by atoms with Crippen molar-refractivity contribution >= 4 is 22.7 Å². The number of oxime groups is 1. The molecule has 0 atom stereocenters. The summed E-state index contributed by atoms with van der Waals surface area (Å²) in [4.78, 5) is 25.9. The number of aromatic nitrogens is 3. The maximum absolute atomic E-state index is 11.7. The Hall–Kier alpha value is -4.00. The highest BCUT2D eigenvalue weighted by molar-refractivity contribution is 5.97. The molecule has 0 bridgehead atoms. The molecular weight excluding hydrogens is 404 g/mol. The van der Waals surface area contributed by atoms with Crippen LogP contribution in [-0.4, -0.2) is 32.3 Å². The fraction of sp³-hybridized carbons (Fsp3) is 0.200. The average molecular weight is 428 g/mol. The van der Waals surface area contributed by atoms with Crippen LogP contribution in [0.3, 0.4) is 0 Å². The number of rotatable bonds is 7. The van der Waals surface area contributed by atoms with Gasteiger partial charge in [0.2, 0.25) is 0 Å². The summed E-state index contributed by atoms with van der Waals surface area (Å²) in [5.41, 5.74) is 4.74. The summed E-state index contributed by atoms with van der Waals surface area (Å²) in [6.45, 7) is 5.63. The van der Waals surface area contributed by atoms with Crippen LogP contribution in [0.15, 0.2) is 78.3 Å². The van der Waals surface area contributed by atoms with Crippen LogP contribution in [0.25, 0.3) is 16.7 Å². The van der Waals surface area contributed by atoms with Gasteiger partial charge in [-0.2, -0.15) is 0 Å². The van der Waals surface area contributed by atoms with E-state index in [-0.39, 0.29) is 18.5 Å². The Kier molecular flexibility index (Phi) is 6.26. The minimum Gasteiger partial charge on any atom is -0.469 e. The topological polar surface area (TPSA) is 78.6 Å². The van der Waals surface area contributed by atoms with E-state index in [1.54, 1.807) is 25.5 Å². The summed E-state index contributed by atoms with van der Waals surface area (Å²) >= 11 is 0. The quantitative estimate of drug-likeness (QED) is 0.181. The predicted octanol–water partition coefficient (Wildman–Crippen LogP) is 4.93. The first-order valence-electron chi connectivity index (χ1n) is 10.4. The molecule has 0 aliphatic carbocycles. The van der Waals surface area contributed by atoms with E-state index < -0.39 is 0 Å². The number of fused-ring (bicyclic) bond motifs is 1. The average Bonchev–Trinajstić information content (AvgIpc) is 3.23. The van der Waals surface area contributed by atoms with Gasteiger partial charge in [0.05, 0.1) is 16.7 Å². The number of benzene rings is 2. The van der Waals surface area contributed by atoms with Gasteiger partial charge in [-0.15, -0.1) is 0 Å². The van der Waals surface area contributed by atoms with Gasteiger partial charge in [0.25, 0.3) is 5.90 Å². The summed E-state index contributed by atoms with van der Waals surface area (Å²) in [5, 5.41) is 4.23. The normalized spacial score (nSPS) is 11.7. The molecule has 32 heavy (non-hydrogen) atoms. The van der Waals surface area contributed by atoms with E-state index in [0.29, 0.717) is 11.5 Å². The molecule has 0 aliphatic rings. The smallest absolute Gasteiger partial charge is 0.258 e. The molecule has 0 saturated carbocycles. The number of hydrogen-bond donors (Lipinski definition) is 0. The zero-order valence-corrected chi connectivity index (χ0v) is 18.2. The maximum atomic E-state index is 11.7. The molecule has 2 heterocycles. The zero-order chi connectivity index (χ0) is 22.5. The van der Waals surface area contributed by atoms with Crippen molar-refractivity contribution in [3.8, 4) is 5.69 Å². The molecule has 0 amide bonds. The molecule has 7 nitrogen and oxygen atoms in total. The highest BCUT2D eigenvalue weighted by atomic mass is 16.7. The van der Waals surface area contributed by atoms with Gasteiger partial charge in [-0.25, -0.2) is 4.98 Å². The number of carbonyl (C=O) groups is 1. The van der Waals surface area contributed by atoms with Crippen LogP contribution in [0.5, 0.6) is 0 Å². The third-order valence-corrected chi connectivity index (χ3v) is 4.75. The molecule has 4 rings (SSSR count). The second-order valence-electron chi connectivity index (χ2n) is 7.58. The van der Waals surface area contributed by atoms with E-state index in [0.717, 1.165) is 28.0 Å². The van der Waals surface area contributed by atoms with Crippen LogP contribution in [0.4, 0.5) is 0 Å². The summed E-state index contributed by atoms with van der Waals surface area (Å²) < 4.78 is 7.93. The van der Waals surface area contributed by atoms with Gasteiger partial charge in [0.1, 0.15) is 19.0 Å². The second-order valence-corrected chi connectivity index (χ2v) is 7.58. The number of hydrogen-bond acceptors (Lipinski definition) is 6. The fourth-order valence-electron chi connectivity index (χ4n) is 3.17. The van der Waals surface area contributed by atoms with Gasteiger partial charge in [0.15, 0.2) is 5.78 Å². The number of nitrogens with zero attached hydrogens (tertiary/aromatic N) is 4. The van der Waals surface area contributed by atoms with Crippen molar-refractivity contribution < 1.29 is 14.4 Å². The Balaban J connectivity index is 1.66. The van der Waals surface area contributed by atoms with Crippen LogP contribution in [0, 0.1) is 0 Å². The lowest BCUT2D eigenvalue weighted by atomic mass is 10.1. The zero-order valence-electron chi connectivity index (χ0n) is 18.2. The van der Waals surface area contributed by atoms with Crippen molar-refractivity contribution in [2.45, 2.75) is 33.5 Å². The number of carbonyl (C=O) groups excluding carboxylic acids is 1. The van der Waals surface area contributed by atoms with Gasteiger partial charge in [-0.1, -0.05) is 12.1 Å². The van der Waals surface area contributed by atoms with Crippen molar-refractivity contribution in [1.29, 1.82) is 0 Å². The van der Waals surface area contributed by atoms with Crippen molar-refractivity contribution in [1.82, 2.24) is 14.5 Å². The first-order valence-corrected chi connectivity index (χ1v) is 10.4. The fourth-order valence-corrected chi connectivity index (χ4v) is 3.17. The third kappa shape index (κ3) is 4.83. The van der Waals surface area contributed by atoms with E-state index in [1.165, 1.54) is 0 Å². The number of imidazole rings is 1. The third-order valence-electron chi connectivity index (χ3n) is 4.75. The minimum atomic E-state index is -0.0836. The van der Waals surface area contributed by atoms with Gasteiger partial charge in [-0.05, 0) is 74.5 Å². The highest BCUT2D eigenvalue weighted by Crippen LogP contribution is 2.21. The molecule has 162 valence electrons. The number of pyridine rings is 1. The highest BCUT2D eigenvalue weighted by Gasteiger charge is 2.12. The molecule has 2 aromatic carbocycles. The Morgan fingerprint density at radius 1 is 1.03 bits per heavy atom. The van der Waals surface area contributed by atoms with Gasteiger partial charge >= 0.3 is 0 Å². The minimum absolute atomic E-state index is 0.0134. The molecule has 4 aromatic rings. The van der Waals surface area contributed by atoms with Crippen LogP contribution in [0.1, 0.15) is 42.4 Å². The molecule has 0 aliphatic heterocycles. The molecule has 0 N–H and O–H groups in total. The van der Waals surface area contributed by atoms with Gasteiger partial charge in [-0.3, -0.25) is 14.3 Å². The van der Waals surface area contributed by atoms with E-state index >= 15 is 0 Å². The van der Waals surface area contributed by atoms with Crippen LogP contribution in [-0.2, 0) is 16.2 Å². The van der Waals surface area contributed by atoms with Crippen molar-refractivity contribution in [2.75, 3.05) is 0 Å². The molecule has 0 spiro atoms. The van der Waals surface area contributed by atoms with E-state index in [4.69, 9.17) is 9.57 Å². The van der Waals surface area contributed by atoms with Crippen molar-refractivity contribution in [3.05, 3.63) is 90.0 Å². The summed E-state index contributed by atoms with van der Waals surface area (Å²) in [5.74, 6) is 0.383. The molecule has 0 saturated heterocycles. The standard InChI is InChI=1S/C25H24N4O3/c1-17(2)32-28-25(31-15-21-8-4-5-12-26-21)20-7-6-9-22(13-20)29-16-27-23-14-19(18(3)30)10-11-24(23)29/h4-14,16-17H,15H2,1-3H3. The Labute approximate surface area is 186 Å². The first-order chi connectivity index (χ1) is 15.5. The molecule has 0 unspecified atom stereocenters. The summed E-state index contributed by atoms with van der Waals surface area (Å²) in [6, 6.07) is 19.0. The molecule has 2 aromatic heterocycles. The maximum Gasteiger partial charge on any atom is 0.258 e. The summed E-state index contributed by atoms with van der Waals surface area (Å²) in [6.07, 6.45) is 3.38. The lowest BCUT2D eigenvalue weighted by Crippen LogP contribution is -2.11. The van der Waals surface area contributed by atoms with Crippen LogP contribution < -0.4 is 0 Å². The van der Waals surface area contributed by atoms with Gasteiger partial charge < -0.3 is 9.57 Å². The lowest BCUT2D eigenvalue weighted by Gasteiger charge is -2.12. The van der Waals surface area contributed by atoms with E-state index in [1.807, 2.05) is 73.0 Å². The number of Topliss-reactive ketones (excluding diaryl/α,β-unsaturated/α-hetero) is 1. The molecular formula is C25H24N4O3. The second kappa shape index (κ2) is 9.43. The van der Waals surface area contributed by atoms with Gasteiger partial charge in [0, 0.05) is 23.0 Å².